The highest BCUT2D eigenvalue weighted by Gasteiger charge is 2.05. The van der Waals surface area contributed by atoms with E-state index in [0.29, 0.717) is 16.6 Å². The van der Waals surface area contributed by atoms with Crippen molar-refractivity contribution >= 4 is 29.2 Å². The highest BCUT2D eigenvalue weighted by molar-refractivity contribution is 6.35. The van der Waals surface area contributed by atoms with Crippen molar-refractivity contribution in [3.8, 4) is 0 Å². The van der Waals surface area contributed by atoms with E-state index in [0.717, 1.165) is 44.1 Å². The highest BCUT2D eigenvalue weighted by atomic mass is 35.5. The van der Waals surface area contributed by atoms with Gasteiger partial charge in [-0.15, -0.1) is 0 Å². The van der Waals surface area contributed by atoms with Gasteiger partial charge in [0.05, 0.1) is 0 Å². The molecule has 0 bridgehead atoms. The van der Waals surface area contributed by atoms with Gasteiger partial charge in [-0.2, -0.15) is 0 Å². The number of ether oxygens (including phenoxy) is 1. The minimum atomic E-state index is 0.698. The fourth-order valence-corrected chi connectivity index (χ4v) is 2.41. The smallest absolute Gasteiger partial charge is 0.190 e. The Morgan fingerprint density at radius 1 is 1.19 bits per heavy atom. The van der Waals surface area contributed by atoms with Crippen LogP contribution in [-0.4, -0.2) is 39.3 Å². The van der Waals surface area contributed by atoms with E-state index in [1.165, 1.54) is 0 Å². The molecular formula is C15H23Cl2N3O. The lowest BCUT2D eigenvalue weighted by Gasteiger charge is -2.13. The lowest BCUT2D eigenvalue weighted by molar-refractivity contribution is 0.145. The van der Waals surface area contributed by atoms with Gasteiger partial charge in [0.1, 0.15) is 0 Å². The first-order valence-corrected chi connectivity index (χ1v) is 7.89. The number of benzene rings is 1. The molecule has 21 heavy (non-hydrogen) atoms. The Labute approximate surface area is 136 Å². The molecule has 1 aromatic carbocycles. The molecule has 4 nitrogen and oxygen atoms in total. The molecule has 0 fully saturated rings. The Kier molecular flexibility index (Phi) is 9.22. The van der Waals surface area contributed by atoms with Crippen LogP contribution in [0, 0.1) is 0 Å². The van der Waals surface area contributed by atoms with Crippen LogP contribution in [-0.2, 0) is 11.2 Å². The summed E-state index contributed by atoms with van der Waals surface area (Å²) in [5, 5.41) is 7.88. The monoisotopic (exact) mass is 331 g/mol. The lowest BCUT2D eigenvalue weighted by atomic mass is 10.1. The zero-order chi connectivity index (χ0) is 15.5. The number of hydrogen-bond donors (Lipinski definition) is 2. The van der Waals surface area contributed by atoms with Gasteiger partial charge in [-0.3, -0.25) is 4.99 Å². The second-order valence-corrected chi connectivity index (χ2v) is 5.24. The van der Waals surface area contributed by atoms with Crippen LogP contribution >= 0.6 is 23.2 Å². The van der Waals surface area contributed by atoms with Crippen LogP contribution < -0.4 is 10.6 Å². The molecule has 1 rings (SSSR count). The third kappa shape index (κ3) is 7.02. The van der Waals surface area contributed by atoms with E-state index in [-0.39, 0.29) is 0 Å². The molecule has 1 aromatic rings. The molecule has 0 amide bonds. The highest BCUT2D eigenvalue weighted by Crippen LogP contribution is 2.24. The molecule has 118 valence electrons. The van der Waals surface area contributed by atoms with Crippen LogP contribution in [0.4, 0.5) is 0 Å². The lowest BCUT2D eigenvalue weighted by Crippen LogP contribution is -2.39. The molecule has 0 atom stereocenters. The van der Waals surface area contributed by atoms with E-state index >= 15 is 0 Å². The van der Waals surface area contributed by atoms with Crippen LogP contribution in [0.15, 0.2) is 23.2 Å². The summed E-state index contributed by atoms with van der Waals surface area (Å²) < 4.78 is 5.28. The number of aliphatic imine (C=N–C) groups is 1. The summed E-state index contributed by atoms with van der Waals surface area (Å²) in [6, 6.07) is 5.55. The van der Waals surface area contributed by atoms with Crippen molar-refractivity contribution in [1.29, 1.82) is 0 Å². The minimum Gasteiger partial charge on any atom is -0.382 e. The molecular weight excluding hydrogens is 309 g/mol. The Hall–Kier alpha value is -0.970. The molecule has 0 saturated heterocycles. The van der Waals surface area contributed by atoms with Gasteiger partial charge in [-0.1, -0.05) is 29.3 Å². The van der Waals surface area contributed by atoms with E-state index in [2.05, 4.69) is 15.6 Å². The van der Waals surface area contributed by atoms with Gasteiger partial charge in [-0.05, 0) is 37.5 Å². The Morgan fingerprint density at radius 3 is 2.48 bits per heavy atom. The van der Waals surface area contributed by atoms with Crippen molar-refractivity contribution in [1.82, 2.24) is 10.6 Å². The number of rotatable bonds is 8. The van der Waals surface area contributed by atoms with Crippen molar-refractivity contribution < 1.29 is 4.74 Å². The topological polar surface area (TPSA) is 45.6 Å². The van der Waals surface area contributed by atoms with Gasteiger partial charge in [0.2, 0.25) is 0 Å². The number of hydrogen-bond acceptors (Lipinski definition) is 2. The van der Waals surface area contributed by atoms with Crippen LogP contribution in [0.2, 0.25) is 10.0 Å². The molecule has 6 heteroatoms. The molecule has 0 heterocycles. The molecule has 0 aliphatic rings. The second kappa shape index (κ2) is 10.7. The minimum absolute atomic E-state index is 0.698. The molecule has 0 unspecified atom stereocenters. The summed E-state index contributed by atoms with van der Waals surface area (Å²) in [6.07, 6.45) is 1.70. The zero-order valence-corrected chi connectivity index (χ0v) is 14.1. The molecule has 0 aromatic heterocycles. The van der Waals surface area contributed by atoms with Crippen LogP contribution in [0.25, 0.3) is 0 Å². The Bertz CT molecular complexity index is 432. The summed E-state index contributed by atoms with van der Waals surface area (Å²) in [6.45, 7) is 5.05. The Morgan fingerprint density at radius 2 is 1.86 bits per heavy atom. The molecule has 0 spiro atoms. The summed E-state index contributed by atoms with van der Waals surface area (Å²) in [7, 11) is 1.75. The van der Waals surface area contributed by atoms with Crippen molar-refractivity contribution in [2.24, 2.45) is 4.99 Å². The largest absolute Gasteiger partial charge is 0.382 e. The number of nitrogens with zero attached hydrogens (tertiary/aromatic N) is 1. The molecule has 0 aliphatic carbocycles. The van der Waals surface area contributed by atoms with Crippen LogP contribution in [0.5, 0.6) is 0 Å². The maximum absolute atomic E-state index is 6.14. The molecule has 2 N–H and O–H groups in total. The summed E-state index contributed by atoms with van der Waals surface area (Å²) in [5.74, 6) is 0.773. The van der Waals surface area contributed by atoms with Gasteiger partial charge in [0.25, 0.3) is 0 Å². The average molecular weight is 332 g/mol. The van der Waals surface area contributed by atoms with Gasteiger partial charge in [0, 0.05) is 43.4 Å². The second-order valence-electron chi connectivity index (χ2n) is 4.43. The van der Waals surface area contributed by atoms with E-state index in [4.69, 9.17) is 27.9 Å². The normalized spacial score (nSPS) is 11.5. The van der Waals surface area contributed by atoms with Gasteiger partial charge < -0.3 is 15.4 Å². The first kappa shape index (κ1) is 18.1. The van der Waals surface area contributed by atoms with Gasteiger partial charge in [0.15, 0.2) is 5.96 Å². The van der Waals surface area contributed by atoms with Crippen molar-refractivity contribution in [3.05, 3.63) is 33.8 Å². The van der Waals surface area contributed by atoms with E-state index < -0.39 is 0 Å². The maximum atomic E-state index is 6.14. The molecule has 0 radical (unpaired) electrons. The predicted octanol–water partition coefficient (Wildman–Crippen LogP) is 3.13. The van der Waals surface area contributed by atoms with Crippen molar-refractivity contribution in [2.75, 3.05) is 33.4 Å². The Balaban J connectivity index is 2.29. The predicted molar refractivity (Wildman–Crippen MR) is 90.6 cm³/mol. The van der Waals surface area contributed by atoms with Gasteiger partial charge in [-0.25, -0.2) is 0 Å². The molecule has 0 saturated carbocycles. The van der Waals surface area contributed by atoms with E-state index in [1.54, 1.807) is 7.05 Å². The first-order chi connectivity index (χ1) is 10.2. The van der Waals surface area contributed by atoms with Gasteiger partial charge >= 0.3 is 0 Å². The van der Waals surface area contributed by atoms with Crippen molar-refractivity contribution in [3.63, 3.8) is 0 Å². The summed E-state index contributed by atoms with van der Waals surface area (Å²) >= 11 is 12.3. The van der Waals surface area contributed by atoms with Crippen LogP contribution in [0.1, 0.15) is 18.9 Å². The third-order valence-electron chi connectivity index (χ3n) is 2.91. The fourth-order valence-electron chi connectivity index (χ4n) is 1.82. The standard InChI is InChI=1S/C15H23Cl2N3O/c1-3-21-11-5-9-19-15(18-2)20-10-8-12-13(16)6-4-7-14(12)17/h4,6-7H,3,5,8-11H2,1-2H3,(H2,18,19,20). The van der Waals surface area contributed by atoms with Crippen molar-refractivity contribution in [2.45, 2.75) is 19.8 Å². The summed E-state index contributed by atoms with van der Waals surface area (Å²) in [5.41, 5.74) is 0.958. The first-order valence-electron chi connectivity index (χ1n) is 7.14. The summed E-state index contributed by atoms with van der Waals surface area (Å²) in [4.78, 5) is 4.17. The van der Waals surface area contributed by atoms with E-state index in [1.807, 2.05) is 25.1 Å². The zero-order valence-electron chi connectivity index (χ0n) is 12.6. The van der Waals surface area contributed by atoms with E-state index in [9.17, 15) is 0 Å². The third-order valence-corrected chi connectivity index (χ3v) is 3.62. The number of guanidine groups is 1. The maximum Gasteiger partial charge on any atom is 0.190 e. The quantitative estimate of drug-likeness (QED) is 0.437. The number of halogens is 2. The molecule has 0 aliphatic heterocycles. The van der Waals surface area contributed by atoms with Crippen LogP contribution in [0.3, 0.4) is 0 Å². The average Bonchev–Trinajstić information content (AvgIpc) is 2.48. The number of nitrogens with one attached hydrogen (secondary N) is 2. The fraction of sp³-hybridized carbons (Fsp3) is 0.533. The SMILES string of the molecule is CCOCCCNC(=NC)NCCc1c(Cl)cccc1Cl.